The number of aliphatic hydroxyl groups excluding tert-OH is 1. The predicted molar refractivity (Wildman–Crippen MR) is 64.9 cm³/mol. The zero-order chi connectivity index (χ0) is 14.6. The highest BCUT2D eigenvalue weighted by molar-refractivity contribution is 7.89. The molecule has 0 unspecified atom stereocenters. The van der Waals surface area contributed by atoms with Crippen LogP contribution < -0.4 is 4.72 Å². The van der Waals surface area contributed by atoms with E-state index in [-0.39, 0.29) is 6.42 Å². The summed E-state index contributed by atoms with van der Waals surface area (Å²) in [6.45, 7) is -0.530. The highest BCUT2D eigenvalue weighted by Crippen LogP contribution is 2.22. The molecule has 0 aliphatic carbocycles. The van der Waals surface area contributed by atoms with Crippen molar-refractivity contribution in [2.45, 2.75) is 17.4 Å². The van der Waals surface area contributed by atoms with E-state index < -0.39 is 44.4 Å². The van der Waals surface area contributed by atoms with Gasteiger partial charge in [0.05, 0.1) is 5.02 Å². The van der Waals surface area contributed by atoms with Crippen LogP contribution in [0.3, 0.4) is 0 Å². The fraction of sp³-hybridized carbons (Fsp3) is 0.300. The Balaban J connectivity index is 3.10. The lowest BCUT2D eigenvalue weighted by Crippen LogP contribution is -2.41. The van der Waals surface area contributed by atoms with Crippen molar-refractivity contribution >= 4 is 27.6 Å². The first-order chi connectivity index (χ1) is 8.79. The predicted octanol–water partition coefficient (Wildman–Crippen LogP) is 0.593. The average molecular weight is 312 g/mol. The van der Waals surface area contributed by atoms with Gasteiger partial charge in [0, 0.05) is 6.61 Å². The van der Waals surface area contributed by atoms with Crippen LogP contribution in [0.2, 0.25) is 5.02 Å². The zero-order valence-electron chi connectivity index (χ0n) is 9.51. The molecule has 9 heteroatoms. The smallest absolute Gasteiger partial charge is 0.321 e. The molecule has 1 aromatic rings. The van der Waals surface area contributed by atoms with E-state index in [1.165, 1.54) is 6.07 Å². The summed E-state index contributed by atoms with van der Waals surface area (Å²) in [6, 6.07) is 1.80. The molecule has 0 spiro atoms. The van der Waals surface area contributed by atoms with E-state index in [1.54, 1.807) is 4.72 Å². The maximum atomic E-state index is 13.6. The van der Waals surface area contributed by atoms with E-state index in [0.717, 1.165) is 12.1 Å². The van der Waals surface area contributed by atoms with Gasteiger partial charge in [0.15, 0.2) is 5.82 Å². The van der Waals surface area contributed by atoms with Crippen LogP contribution in [0.5, 0.6) is 0 Å². The Kier molecular flexibility index (Phi) is 5.24. The van der Waals surface area contributed by atoms with E-state index in [2.05, 4.69) is 0 Å². The molecule has 3 N–H and O–H groups in total. The summed E-state index contributed by atoms with van der Waals surface area (Å²) in [7, 11) is -4.38. The molecule has 0 saturated heterocycles. The van der Waals surface area contributed by atoms with Crippen LogP contribution in [0.1, 0.15) is 6.42 Å². The molecule has 0 aromatic heterocycles. The number of carbonyl (C=O) groups is 1. The molecule has 1 aromatic carbocycles. The number of rotatable bonds is 6. The Hall–Kier alpha value is -1.22. The van der Waals surface area contributed by atoms with Crippen molar-refractivity contribution in [2.24, 2.45) is 0 Å². The van der Waals surface area contributed by atoms with Crippen LogP contribution >= 0.6 is 11.6 Å². The van der Waals surface area contributed by atoms with Crippen LogP contribution in [-0.2, 0) is 14.8 Å². The van der Waals surface area contributed by atoms with E-state index >= 15 is 0 Å². The zero-order valence-corrected chi connectivity index (χ0v) is 11.1. The maximum Gasteiger partial charge on any atom is 0.321 e. The molecule has 6 nitrogen and oxygen atoms in total. The second-order valence-corrected chi connectivity index (χ2v) is 5.67. The number of hydrogen-bond acceptors (Lipinski definition) is 4. The van der Waals surface area contributed by atoms with Crippen LogP contribution in [0.15, 0.2) is 23.1 Å². The fourth-order valence-corrected chi connectivity index (χ4v) is 2.86. The lowest BCUT2D eigenvalue weighted by molar-refractivity contribution is -0.139. The summed E-state index contributed by atoms with van der Waals surface area (Å²) in [5.74, 6) is -2.63. The first-order valence-electron chi connectivity index (χ1n) is 5.09. The molecular weight excluding hydrogens is 301 g/mol. The van der Waals surface area contributed by atoms with Crippen molar-refractivity contribution in [1.29, 1.82) is 0 Å². The second-order valence-electron chi connectivity index (χ2n) is 3.58. The molecule has 0 radical (unpaired) electrons. The monoisotopic (exact) mass is 311 g/mol. The summed E-state index contributed by atoms with van der Waals surface area (Å²) in [5, 5.41) is 17.0. The normalized spacial score (nSPS) is 13.2. The maximum absolute atomic E-state index is 13.6. The van der Waals surface area contributed by atoms with Crippen molar-refractivity contribution in [3.05, 3.63) is 29.0 Å². The van der Waals surface area contributed by atoms with Crippen molar-refractivity contribution in [3.8, 4) is 0 Å². The second kappa shape index (κ2) is 6.29. The Morgan fingerprint density at radius 2 is 2.11 bits per heavy atom. The van der Waals surface area contributed by atoms with Crippen molar-refractivity contribution in [1.82, 2.24) is 4.72 Å². The van der Waals surface area contributed by atoms with E-state index in [0.29, 0.717) is 0 Å². The lowest BCUT2D eigenvalue weighted by atomic mass is 10.2. The molecule has 106 valence electrons. The molecule has 0 amide bonds. The van der Waals surface area contributed by atoms with Gasteiger partial charge < -0.3 is 10.2 Å². The van der Waals surface area contributed by atoms with Gasteiger partial charge in [0.2, 0.25) is 10.0 Å². The summed E-state index contributed by atoms with van der Waals surface area (Å²) < 4.78 is 39.1. The van der Waals surface area contributed by atoms with Gasteiger partial charge in [0.1, 0.15) is 10.9 Å². The minimum Gasteiger partial charge on any atom is -0.480 e. The molecule has 0 fully saturated rings. The number of carboxylic acids is 1. The number of sulfonamides is 1. The van der Waals surface area contributed by atoms with Crippen LogP contribution in [0.25, 0.3) is 0 Å². The van der Waals surface area contributed by atoms with E-state index in [1.807, 2.05) is 0 Å². The minimum atomic E-state index is -4.38. The van der Waals surface area contributed by atoms with Gasteiger partial charge in [-0.25, -0.2) is 12.8 Å². The van der Waals surface area contributed by atoms with Gasteiger partial charge in [-0.1, -0.05) is 17.7 Å². The Morgan fingerprint density at radius 3 is 2.63 bits per heavy atom. The van der Waals surface area contributed by atoms with Crippen LogP contribution in [0.4, 0.5) is 4.39 Å². The number of carboxylic acid groups (broad SMARTS) is 1. The van der Waals surface area contributed by atoms with Gasteiger partial charge in [-0.15, -0.1) is 0 Å². The van der Waals surface area contributed by atoms with Gasteiger partial charge in [-0.3, -0.25) is 4.79 Å². The largest absolute Gasteiger partial charge is 0.480 e. The molecule has 0 bridgehead atoms. The number of aliphatic carboxylic acids is 1. The Bertz CT molecular complexity index is 577. The summed E-state index contributed by atoms with van der Waals surface area (Å²) in [6.07, 6.45) is -0.337. The average Bonchev–Trinajstić information content (AvgIpc) is 2.31. The van der Waals surface area contributed by atoms with E-state index in [4.69, 9.17) is 21.8 Å². The molecule has 19 heavy (non-hydrogen) atoms. The molecule has 0 saturated carbocycles. The molecule has 1 rings (SSSR count). The van der Waals surface area contributed by atoms with Gasteiger partial charge >= 0.3 is 5.97 Å². The highest BCUT2D eigenvalue weighted by atomic mass is 35.5. The number of nitrogens with one attached hydrogen (secondary N) is 1. The third-order valence-corrected chi connectivity index (χ3v) is 4.00. The summed E-state index contributed by atoms with van der Waals surface area (Å²) in [5.41, 5.74) is 0. The van der Waals surface area contributed by atoms with Gasteiger partial charge in [0.25, 0.3) is 0 Å². The fourth-order valence-electron chi connectivity index (χ4n) is 1.30. The number of halogens is 2. The first kappa shape index (κ1) is 15.8. The summed E-state index contributed by atoms with van der Waals surface area (Å²) >= 11 is 5.46. The molecule has 0 aliphatic heterocycles. The van der Waals surface area contributed by atoms with Gasteiger partial charge in [-0.2, -0.15) is 4.72 Å². The van der Waals surface area contributed by atoms with Crippen molar-refractivity contribution in [3.63, 3.8) is 0 Å². The van der Waals surface area contributed by atoms with Crippen molar-refractivity contribution < 1.29 is 27.8 Å². The Morgan fingerprint density at radius 1 is 1.47 bits per heavy atom. The molecular formula is C10H11ClFNO5S. The summed E-state index contributed by atoms with van der Waals surface area (Å²) in [4.78, 5) is 10.0. The SMILES string of the molecule is O=C(O)[C@@H](CCO)NS(=O)(=O)c1cccc(Cl)c1F. The number of benzene rings is 1. The molecule has 0 heterocycles. The Labute approximate surface area is 113 Å². The topological polar surface area (TPSA) is 104 Å². The van der Waals surface area contributed by atoms with Crippen molar-refractivity contribution in [2.75, 3.05) is 6.61 Å². The minimum absolute atomic E-state index is 0.337. The molecule has 1 atom stereocenters. The quantitative estimate of drug-likeness (QED) is 0.713. The van der Waals surface area contributed by atoms with Crippen LogP contribution in [0, 0.1) is 5.82 Å². The van der Waals surface area contributed by atoms with Gasteiger partial charge in [-0.05, 0) is 18.6 Å². The number of hydrogen-bond donors (Lipinski definition) is 3. The van der Waals surface area contributed by atoms with Crippen LogP contribution in [-0.4, -0.2) is 37.2 Å². The highest BCUT2D eigenvalue weighted by Gasteiger charge is 2.27. The molecule has 0 aliphatic rings. The third-order valence-electron chi connectivity index (χ3n) is 2.22. The lowest BCUT2D eigenvalue weighted by Gasteiger charge is -2.14. The first-order valence-corrected chi connectivity index (χ1v) is 6.95. The standard InChI is InChI=1S/C10H11ClFNO5S/c11-6-2-1-3-8(9(6)12)19(17,18)13-7(4-5-14)10(15)16/h1-3,7,13-14H,4-5H2,(H,15,16)/t7-/m1/s1. The third kappa shape index (κ3) is 3.87. The number of aliphatic hydroxyl groups is 1. The van der Waals surface area contributed by atoms with E-state index in [9.17, 15) is 17.6 Å².